The second-order valence-electron chi connectivity index (χ2n) is 8.46. The van der Waals surface area contributed by atoms with Crippen LogP contribution in [0.1, 0.15) is 94.4 Å². The molecule has 2 heteroatoms. The van der Waals surface area contributed by atoms with Crippen LogP contribution < -0.4 is 0 Å². The molecule has 0 radical (unpaired) electrons. The van der Waals surface area contributed by atoms with Gasteiger partial charge in [0.25, 0.3) is 0 Å². The van der Waals surface area contributed by atoms with E-state index in [0.29, 0.717) is 6.61 Å². The van der Waals surface area contributed by atoms with Gasteiger partial charge in [0, 0.05) is 6.61 Å². The molecular formula is C19H42NO+. The Morgan fingerprint density at radius 1 is 0.667 bits per heavy atom. The van der Waals surface area contributed by atoms with Crippen molar-refractivity contribution >= 4 is 0 Å². The lowest BCUT2D eigenvalue weighted by Crippen LogP contribution is -2.78. The van der Waals surface area contributed by atoms with E-state index in [2.05, 4.69) is 62.3 Å². The molecule has 0 aromatic rings. The number of nitrogens with zero attached hydrogens (tertiary/aromatic N) is 1. The number of hydrogen-bond acceptors (Lipinski definition) is 1. The highest BCUT2D eigenvalue weighted by atomic mass is 16.2. The Morgan fingerprint density at radius 2 is 1.00 bits per heavy atom. The molecule has 0 saturated heterocycles. The molecule has 0 heterocycles. The van der Waals surface area contributed by atoms with Crippen LogP contribution in [0, 0.1) is 0 Å². The Bertz CT molecular complexity index is 264. The maximum Gasteiger partial charge on any atom is 0.0940 e. The number of aliphatic hydroxyl groups excluding tert-OH is 1. The average Bonchev–Trinajstić information content (AvgIpc) is 2.42. The van der Waals surface area contributed by atoms with Gasteiger partial charge in [0.15, 0.2) is 0 Å². The molecule has 0 atom stereocenters. The van der Waals surface area contributed by atoms with Crippen LogP contribution in [0.25, 0.3) is 0 Å². The summed E-state index contributed by atoms with van der Waals surface area (Å²) < 4.78 is 1.14. The van der Waals surface area contributed by atoms with Crippen molar-refractivity contribution in [3.63, 3.8) is 0 Å². The van der Waals surface area contributed by atoms with Gasteiger partial charge >= 0.3 is 0 Å². The molecule has 128 valence electrons. The minimum absolute atomic E-state index is 0.231. The summed E-state index contributed by atoms with van der Waals surface area (Å²) in [4.78, 5) is 0. The fourth-order valence-electron chi connectivity index (χ4n) is 4.64. The van der Waals surface area contributed by atoms with Crippen LogP contribution in [0.5, 0.6) is 0 Å². The second kappa shape index (κ2) is 7.46. The first-order valence-electron chi connectivity index (χ1n) is 8.99. The zero-order valence-electron chi connectivity index (χ0n) is 16.3. The van der Waals surface area contributed by atoms with E-state index in [4.69, 9.17) is 0 Å². The van der Waals surface area contributed by atoms with Crippen LogP contribution in [0.2, 0.25) is 0 Å². The minimum Gasteiger partial charge on any atom is -0.396 e. The summed E-state index contributed by atoms with van der Waals surface area (Å²) in [5.41, 5.74) is 0.692. The van der Waals surface area contributed by atoms with Crippen LogP contribution in [0.15, 0.2) is 0 Å². The van der Waals surface area contributed by atoms with Gasteiger partial charge in [0.2, 0.25) is 0 Å². The lowest BCUT2D eigenvalue weighted by atomic mass is 9.75. The molecule has 0 rings (SSSR count). The normalized spacial score (nSPS) is 14.6. The molecule has 0 spiro atoms. The van der Waals surface area contributed by atoms with Crippen LogP contribution in [0.3, 0.4) is 0 Å². The van der Waals surface area contributed by atoms with Crippen LogP contribution in [0.4, 0.5) is 0 Å². The monoisotopic (exact) mass is 300 g/mol. The minimum atomic E-state index is 0.231. The van der Waals surface area contributed by atoms with Gasteiger partial charge in [0.05, 0.1) is 23.2 Å². The molecule has 21 heavy (non-hydrogen) atoms. The quantitative estimate of drug-likeness (QED) is 0.437. The van der Waals surface area contributed by atoms with Crippen molar-refractivity contribution in [1.82, 2.24) is 0 Å². The molecule has 0 aliphatic rings. The van der Waals surface area contributed by atoms with Crippen molar-refractivity contribution in [2.24, 2.45) is 0 Å². The van der Waals surface area contributed by atoms with E-state index in [1.165, 1.54) is 19.3 Å². The number of aliphatic hydroxyl groups is 1. The Hall–Kier alpha value is -0.0800. The van der Waals surface area contributed by atoms with Gasteiger partial charge < -0.3 is 9.59 Å². The molecule has 2 nitrogen and oxygen atoms in total. The first-order valence-corrected chi connectivity index (χ1v) is 8.99. The van der Waals surface area contributed by atoms with Crippen LogP contribution >= 0.6 is 0 Å². The highest BCUT2D eigenvalue weighted by Crippen LogP contribution is 2.48. The number of rotatable bonds is 10. The van der Waals surface area contributed by atoms with E-state index in [0.717, 1.165) is 23.9 Å². The van der Waals surface area contributed by atoms with E-state index >= 15 is 0 Å². The van der Waals surface area contributed by atoms with Gasteiger partial charge in [-0.25, -0.2) is 0 Å². The summed E-state index contributed by atoms with van der Waals surface area (Å²) in [5, 5.41) is 9.24. The van der Waals surface area contributed by atoms with Crippen LogP contribution in [-0.2, 0) is 0 Å². The largest absolute Gasteiger partial charge is 0.396 e. The van der Waals surface area contributed by atoms with Crippen molar-refractivity contribution in [2.75, 3.05) is 13.2 Å². The van der Waals surface area contributed by atoms with E-state index in [1.807, 2.05) is 0 Å². The molecule has 0 bridgehead atoms. The lowest BCUT2D eigenvalue weighted by molar-refractivity contribution is -1.05. The molecule has 0 aromatic heterocycles. The zero-order chi connectivity index (χ0) is 16.9. The molecule has 0 aromatic carbocycles. The fourth-order valence-corrected chi connectivity index (χ4v) is 4.64. The second-order valence-corrected chi connectivity index (χ2v) is 8.46. The summed E-state index contributed by atoms with van der Waals surface area (Å²) in [5.74, 6) is 0. The summed E-state index contributed by atoms with van der Waals surface area (Å²) >= 11 is 0. The van der Waals surface area contributed by atoms with E-state index in [-0.39, 0.29) is 16.6 Å². The predicted octanol–water partition coefficient (Wildman–Crippen LogP) is 5.14. The third kappa shape index (κ3) is 3.64. The Kier molecular flexibility index (Phi) is 7.43. The van der Waals surface area contributed by atoms with Crippen molar-refractivity contribution < 1.29 is 9.59 Å². The third-order valence-electron chi connectivity index (χ3n) is 6.60. The topological polar surface area (TPSA) is 20.2 Å². The zero-order valence-corrected chi connectivity index (χ0v) is 16.3. The third-order valence-corrected chi connectivity index (χ3v) is 6.60. The Balaban J connectivity index is 6.10. The Labute approximate surface area is 134 Å². The highest BCUT2D eigenvalue weighted by molar-refractivity contribution is 4.87. The fraction of sp³-hybridized carbons (Fsp3) is 1.00. The van der Waals surface area contributed by atoms with Crippen molar-refractivity contribution in [3.8, 4) is 0 Å². The maximum atomic E-state index is 9.24. The predicted molar refractivity (Wildman–Crippen MR) is 94.6 cm³/mol. The summed E-state index contributed by atoms with van der Waals surface area (Å²) in [6.45, 7) is 23.1. The van der Waals surface area contributed by atoms with E-state index in [1.54, 1.807) is 0 Å². The lowest BCUT2D eigenvalue weighted by Gasteiger charge is -2.66. The molecule has 0 aliphatic heterocycles. The van der Waals surface area contributed by atoms with Gasteiger partial charge in [-0.05, 0) is 73.6 Å². The van der Waals surface area contributed by atoms with E-state index < -0.39 is 0 Å². The maximum absolute atomic E-state index is 9.24. The summed E-state index contributed by atoms with van der Waals surface area (Å²) in [6, 6.07) is 0. The standard InChI is InChI=1S/C19H42NO/c1-10-17(4,5)20(15-13-14-16-21,18(6,7)11-2)19(8,9)12-3/h21H,10-16H2,1-9H3/q+1. The molecule has 0 saturated carbocycles. The number of unbranched alkanes of at least 4 members (excludes halogenated alkanes) is 1. The van der Waals surface area contributed by atoms with Gasteiger partial charge in [-0.1, -0.05) is 20.8 Å². The SMILES string of the molecule is CCC(C)(C)[N+](CCCCO)(C(C)(C)CC)C(C)(C)CC. The van der Waals surface area contributed by atoms with E-state index in [9.17, 15) is 5.11 Å². The molecule has 0 fully saturated rings. The molecular weight excluding hydrogens is 258 g/mol. The molecule has 0 amide bonds. The van der Waals surface area contributed by atoms with Gasteiger partial charge in [-0.3, -0.25) is 0 Å². The smallest absolute Gasteiger partial charge is 0.0940 e. The number of quaternary nitrogens is 1. The molecule has 0 unspecified atom stereocenters. The highest BCUT2D eigenvalue weighted by Gasteiger charge is 2.59. The summed E-state index contributed by atoms with van der Waals surface area (Å²) in [7, 11) is 0. The van der Waals surface area contributed by atoms with Gasteiger partial charge in [-0.2, -0.15) is 0 Å². The van der Waals surface area contributed by atoms with Crippen molar-refractivity contribution in [3.05, 3.63) is 0 Å². The van der Waals surface area contributed by atoms with Crippen molar-refractivity contribution in [2.45, 2.75) is 111 Å². The Morgan fingerprint density at radius 3 is 1.24 bits per heavy atom. The molecule has 0 aliphatic carbocycles. The van der Waals surface area contributed by atoms with Crippen molar-refractivity contribution in [1.29, 1.82) is 0 Å². The van der Waals surface area contributed by atoms with Crippen LogP contribution in [-0.4, -0.2) is 39.4 Å². The first kappa shape index (κ1) is 20.9. The average molecular weight is 301 g/mol. The first-order chi connectivity index (χ1) is 9.49. The van der Waals surface area contributed by atoms with Gasteiger partial charge in [0.1, 0.15) is 0 Å². The van der Waals surface area contributed by atoms with Gasteiger partial charge in [-0.15, -0.1) is 0 Å². The number of hydrogen-bond donors (Lipinski definition) is 1. The molecule has 1 N–H and O–H groups in total. The summed E-state index contributed by atoms with van der Waals surface area (Å²) in [6.07, 6.45) is 5.56.